The lowest BCUT2D eigenvalue weighted by Gasteiger charge is -2.41. The Morgan fingerprint density at radius 1 is 0.927 bits per heavy atom. The van der Waals surface area contributed by atoms with Crippen molar-refractivity contribution in [3.8, 4) is 22.8 Å². The number of carbonyl (C=O) groups excluding carboxylic acids is 1. The average Bonchev–Trinajstić information content (AvgIpc) is 3.39. The van der Waals surface area contributed by atoms with Crippen LogP contribution in [0.3, 0.4) is 0 Å². The first-order valence-electron chi connectivity index (χ1n) is 14.5. The van der Waals surface area contributed by atoms with Gasteiger partial charge in [0.15, 0.2) is 5.65 Å². The first-order chi connectivity index (χ1) is 19.9. The Morgan fingerprint density at radius 3 is 2.22 bits per heavy atom. The molecule has 1 saturated carbocycles. The molecule has 0 spiro atoms. The Hall–Kier alpha value is -4.02. The van der Waals surface area contributed by atoms with Gasteiger partial charge in [-0.1, -0.05) is 12.1 Å². The molecule has 2 aromatic carbocycles. The minimum atomic E-state index is -0.0510. The standard InChI is InChI=1S/C31H38N8O2/c1-21(40)33-19-22-3-11-26(12-4-22)41-27-13-5-23(6-14-27)29-28-30(32)34-20-35-31(28)39(36-29)25-9-7-24(8-10-25)38-17-15-37(2)16-18-38/h3-6,11-14,20,24-25H,7-10,15-19H2,1-2H3,(H,33,40)(H2,32,34,35). The van der Waals surface area contributed by atoms with Crippen LogP contribution in [0, 0.1) is 0 Å². The van der Waals surface area contributed by atoms with Crippen LogP contribution in [0.4, 0.5) is 5.82 Å². The maximum atomic E-state index is 11.1. The molecule has 1 amide bonds. The number of anilines is 1. The number of likely N-dealkylation sites (N-methyl/N-ethyl adjacent to an activating group) is 1. The van der Waals surface area contributed by atoms with Crippen LogP contribution in [0.15, 0.2) is 54.9 Å². The Labute approximate surface area is 240 Å². The fourth-order valence-electron chi connectivity index (χ4n) is 6.03. The van der Waals surface area contributed by atoms with Crippen molar-refractivity contribution in [2.24, 2.45) is 0 Å². The van der Waals surface area contributed by atoms with Gasteiger partial charge in [0.2, 0.25) is 5.91 Å². The molecule has 0 atom stereocenters. The van der Waals surface area contributed by atoms with Crippen LogP contribution < -0.4 is 15.8 Å². The van der Waals surface area contributed by atoms with E-state index in [1.165, 1.54) is 26.1 Å². The number of carbonyl (C=O) groups is 1. The van der Waals surface area contributed by atoms with Gasteiger partial charge in [-0.05, 0) is 74.7 Å². The van der Waals surface area contributed by atoms with Gasteiger partial charge in [0.1, 0.15) is 29.3 Å². The lowest BCUT2D eigenvalue weighted by molar-refractivity contribution is -0.119. The summed E-state index contributed by atoms with van der Waals surface area (Å²) in [6.07, 6.45) is 6.03. The highest BCUT2D eigenvalue weighted by Crippen LogP contribution is 2.37. The lowest BCUT2D eigenvalue weighted by Crippen LogP contribution is -2.49. The fourth-order valence-corrected chi connectivity index (χ4v) is 6.03. The quantitative estimate of drug-likeness (QED) is 0.349. The van der Waals surface area contributed by atoms with Crippen LogP contribution in [0.25, 0.3) is 22.3 Å². The van der Waals surface area contributed by atoms with Gasteiger partial charge in [-0.15, -0.1) is 0 Å². The zero-order valence-electron chi connectivity index (χ0n) is 23.8. The number of rotatable bonds is 7. The summed E-state index contributed by atoms with van der Waals surface area (Å²) < 4.78 is 8.15. The van der Waals surface area contributed by atoms with Gasteiger partial charge in [-0.3, -0.25) is 9.69 Å². The van der Waals surface area contributed by atoms with Crippen molar-refractivity contribution >= 4 is 22.8 Å². The second kappa shape index (κ2) is 11.8. The molecular formula is C31H38N8O2. The number of benzene rings is 2. The number of aromatic nitrogens is 4. The van der Waals surface area contributed by atoms with Crippen molar-refractivity contribution in [3.63, 3.8) is 0 Å². The van der Waals surface area contributed by atoms with E-state index in [9.17, 15) is 4.79 Å². The van der Waals surface area contributed by atoms with Gasteiger partial charge in [-0.2, -0.15) is 5.10 Å². The van der Waals surface area contributed by atoms with Crippen LogP contribution in [0.5, 0.6) is 11.5 Å². The van der Waals surface area contributed by atoms with E-state index in [2.05, 4.69) is 36.8 Å². The van der Waals surface area contributed by atoms with Crippen molar-refractivity contribution in [1.29, 1.82) is 0 Å². The summed E-state index contributed by atoms with van der Waals surface area (Å²) in [5, 5.41) is 8.69. The minimum Gasteiger partial charge on any atom is -0.457 e. The number of amides is 1. The van der Waals surface area contributed by atoms with Crippen LogP contribution >= 0.6 is 0 Å². The molecule has 214 valence electrons. The van der Waals surface area contributed by atoms with E-state index in [-0.39, 0.29) is 5.91 Å². The number of piperazine rings is 1. The van der Waals surface area contributed by atoms with E-state index in [1.54, 1.807) is 0 Å². The van der Waals surface area contributed by atoms with Crippen LogP contribution in [-0.2, 0) is 11.3 Å². The second-order valence-corrected chi connectivity index (χ2v) is 11.2. The molecule has 3 N–H and O–H groups in total. The summed E-state index contributed by atoms with van der Waals surface area (Å²) >= 11 is 0. The molecule has 2 aliphatic rings. The Morgan fingerprint density at radius 2 is 1.56 bits per heavy atom. The number of fused-ring (bicyclic) bond motifs is 1. The summed E-state index contributed by atoms with van der Waals surface area (Å²) in [4.78, 5) is 25.2. The summed E-state index contributed by atoms with van der Waals surface area (Å²) in [7, 11) is 2.21. The van der Waals surface area contributed by atoms with Gasteiger partial charge in [0.25, 0.3) is 0 Å². The number of nitrogens with zero attached hydrogens (tertiary/aromatic N) is 6. The molecule has 10 heteroatoms. The molecule has 1 saturated heterocycles. The largest absolute Gasteiger partial charge is 0.457 e. The maximum absolute atomic E-state index is 11.1. The molecular weight excluding hydrogens is 516 g/mol. The first kappa shape index (κ1) is 27.2. The first-order valence-corrected chi connectivity index (χ1v) is 14.5. The number of hydrogen-bond acceptors (Lipinski definition) is 8. The fraction of sp³-hybridized carbons (Fsp3) is 0.419. The van der Waals surface area contributed by atoms with E-state index in [4.69, 9.17) is 15.6 Å². The Balaban J connectivity index is 1.17. The molecule has 10 nitrogen and oxygen atoms in total. The highest BCUT2D eigenvalue weighted by atomic mass is 16.5. The lowest BCUT2D eigenvalue weighted by atomic mass is 9.90. The Bertz CT molecular complexity index is 1490. The number of ether oxygens (including phenoxy) is 1. The smallest absolute Gasteiger partial charge is 0.217 e. The average molecular weight is 555 g/mol. The van der Waals surface area contributed by atoms with Crippen molar-refractivity contribution in [3.05, 3.63) is 60.4 Å². The van der Waals surface area contributed by atoms with Crippen molar-refractivity contribution in [1.82, 2.24) is 34.9 Å². The SMILES string of the molecule is CC(=O)NCc1ccc(Oc2ccc(-c3nn(C4CCC(N5CCN(C)CC5)CC4)c4ncnc(N)c34)cc2)cc1. The zero-order valence-corrected chi connectivity index (χ0v) is 23.8. The second-order valence-electron chi connectivity index (χ2n) is 11.2. The Kier molecular flexibility index (Phi) is 7.84. The third kappa shape index (κ3) is 6.03. The van der Waals surface area contributed by atoms with E-state index < -0.39 is 0 Å². The molecule has 0 unspecified atom stereocenters. The van der Waals surface area contributed by atoms with E-state index in [0.717, 1.165) is 78.4 Å². The maximum Gasteiger partial charge on any atom is 0.217 e. The summed E-state index contributed by atoms with van der Waals surface area (Å²) in [6, 6.07) is 16.5. The van der Waals surface area contributed by atoms with Crippen molar-refractivity contribution in [2.75, 3.05) is 39.0 Å². The molecule has 3 heterocycles. The van der Waals surface area contributed by atoms with Gasteiger partial charge >= 0.3 is 0 Å². The summed E-state index contributed by atoms with van der Waals surface area (Å²) in [6.45, 7) is 6.63. The topological polar surface area (TPSA) is 114 Å². The predicted molar refractivity (Wildman–Crippen MR) is 160 cm³/mol. The van der Waals surface area contributed by atoms with E-state index in [1.807, 2.05) is 48.5 Å². The molecule has 0 bridgehead atoms. The van der Waals surface area contributed by atoms with Crippen LogP contribution in [0.1, 0.15) is 44.2 Å². The molecule has 2 fully saturated rings. The molecule has 1 aliphatic heterocycles. The molecule has 2 aromatic heterocycles. The van der Waals surface area contributed by atoms with Crippen LogP contribution in [-0.4, -0.2) is 74.7 Å². The van der Waals surface area contributed by atoms with E-state index in [0.29, 0.717) is 24.4 Å². The number of nitrogen functional groups attached to an aromatic ring is 1. The normalized spacial score (nSPS) is 20.2. The highest BCUT2D eigenvalue weighted by Gasteiger charge is 2.30. The molecule has 6 rings (SSSR count). The monoisotopic (exact) mass is 554 g/mol. The number of hydrogen-bond donors (Lipinski definition) is 2. The number of nitrogens with one attached hydrogen (secondary N) is 1. The predicted octanol–water partition coefficient (Wildman–Crippen LogP) is 4.24. The van der Waals surface area contributed by atoms with Crippen molar-refractivity contribution < 1.29 is 9.53 Å². The summed E-state index contributed by atoms with van der Waals surface area (Å²) in [5.74, 6) is 1.84. The van der Waals surface area contributed by atoms with E-state index >= 15 is 0 Å². The molecule has 41 heavy (non-hydrogen) atoms. The third-order valence-corrected chi connectivity index (χ3v) is 8.41. The van der Waals surface area contributed by atoms with Crippen molar-refractivity contribution in [2.45, 2.75) is 51.2 Å². The zero-order chi connectivity index (χ0) is 28.3. The van der Waals surface area contributed by atoms with Gasteiger partial charge < -0.3 is 20.7 Å². The van der Waals surface area contributed by atoms with Crippen LogP contribution in [0.2, 0.25) is 0 Å². The molecule has 0 radical (unpaired) electrons. The number of nitrogens with two attached hydrogens (primary N) is 1. The molecule has 4 aromatic rings. The van der Waals surface area contributed by atoms with Gasteiger partial charge in [0.05, 0.1) is 11.4 Å². The highest BCUT2D eigenvalue weighted by molar-refractivity contribution is 5.98. The third-order valence-electron chi connectivity index (χ3n) is 8.41. The minimum absolute atomic E-state index is 0.0510. The molecule has 1 aliphatic carbocycles. The summed E-state index contributed by atoms with van der Waals surface area (Å²) in [5.41, 5.74) is 9.94. The van der Waals surface area contributed by atoms with Gasteiger partial charge in [0, 0.05) is 51.3 Å². The van der Waals surface area contributed by atoms with Gasteiger partial charge in [-0.25, -0.2) is 14.6 Å².